The molecule has 110 valence electrons. The minimum Gasteiger partial charge on any atom is -0.445 e. The molecular formula is C12H17N3O4S. The van der Waals surface area contributed by atoms with Crippen molar-refractivity contribution in [3.05, 3.63) is 35.9 Å². The van der Waals surface area contributed by atoms with Crippen molar-refractivity contribution >= 4 is 16.3 Å². The van der Waals surface area contributed by atoms with Gasteiger partial charge in [0.1, 0.15) is 6.61 Å². The molecular weight excluding hydrogens is 282 g/mol. The van der Waals surface area contributed by atoms with E-state index in [1.807, 2.05) is 30.3 Å². The van der Waals surface area contributed by atoms with Gasteiger partial charge in [0.15, 0.2) is 0 Å². The fourth-order valence-electron chi connectivity index (χ4n) is 2.00. The molecule has 3 N–H and O–H groups in total. The molecule has 0 unspecified atom stereocenters. The van der Waals surface area contributed by atoms with Crippen molar-refractivity contribution in [3.8, 4) is 0 Å². The SMILES string of the molecule is CC1(NC(=O)OCc2ccccc2)CN(S(N)(=O)=O)C1. The molecule has 1 saturated heterocycles. The van der Waals surface area contributed by atoms with E-state index in [0.29, 0.717) is 0 Å². The molecule has 0 radical (unpaired) electrons. The summed E-state index contributed by atoms with van der Waals surface area (Å²) in [7, 11) is -3.69. The van der Waals surface area contributed by atoms with Crippen LogP contribution in [-0.2, 0) is 21.6 Å². The average molecular weight is 299 g/mol. The highest BCUT2D eigenvalue weighted by Crippen LogP contribution is 2.22. The van der Waals surface area contributed by atoms with E-state index in [9.17, 15) is 13.2 Å². The molecule has 1 aliphatic heterocycles. The second kappa shape index (κ2) is 5.39. The first-order chi connectivity index (χ1) is 9.28. The minimum absolute atomic E-state index is 0.145. The average Bonchev–Trinajstić information content (AvgIpc) is 2.33. The summed E-state index contributed by atoms with van der Waals surface area (Å²) >= 11 is 0. The number of hydrogen-bond donors (Lipinski definition) is 2. The molecule has 7 nitrogen and oxygen atoms in total. The normalized spacial score (nSPS) is 18.1. The molecule has 20 heavy (non-hydrogen) atoms. The van der Waals surface area contributed by atoms with Gasteiger partial charge in [0.25, 0.3) is 10.2 Å². The smallest absolute Gasteiger partial charge is 0.407 e. The number of nitrogens with zero attached hydrogens (tertiary/aromatic N) is 1. The monoisotopic (exact) mass is 299 g/mol. The van der Waals surface area contributed by atoms with Gasteiger partial charge in [-0.1, -0.05) is 30.3 Å². The van der Waals surface area contributed by atoms with Gasteiger partial charge < -0.3 is 10.1 Å². The van der Waals surface area contributed by atoms with E-state index in [-0.39, 0.29) is 19.7 Å². The fourth-order valence-corrected chi connectivity index (χ4v) is 2.93. The standard InChI is InChI=1S/C12H17N3O4S/c1-12(8-15(9-12)20(13,17)18)14-11(16)19-7-10-5-3-2-4-6-10/h2-6H,7-9H2,1H3,(H,14,16)(H2,13,17,18). The Labute approximate surface area is 117 Å². The summed E-state index contributed by atoms with van der Waals surface area (Å²) < 4.78 is 28.3. The van der Waals surface area contributed by atoms with Crippen molar-refractivity contribution in [2.75, 3.05) is 13.1 Å². The van der Waals surface area contributed by atoms with Crippen LogP contribution in [0.1, 0.15) is 12.5 Å². The lowest BCUT2D eigenvalue weighted by Crippen LogP contribution is -2.70. The van der Waals surface area contributed by atoms with Crippen molar-refractivity contribution in [2.24, 2.45) is 5.14 Å². The third-order valence-electron chi connectivity index (χ3n) is 3.03. The van der Waals surface area contributed by atoms with Crippen LogP contribution in [0.4, 0.5) is 4.79 Å². The number of nitrogens with two attached hydrogens (primary N) is 1. The first kappa shape index (κ1) is 14.8. The van der Waals surface area contributed by atoms with E-state index >= 15 is 0 Å². The molecule has 0 atom stereocenters. The van der Waals surface area contributed by atoms with E-state index in [1.165, 1.54) is 0 Å². The lowest BCUT2D eigenvalue weighted by Gasteiger charge is -2.45. The maximum Gasteiger partial charge on any atom is 0.407 e. The first-order valence-electron chi connectivity index (χ1n) is 6.05. The highest BCUT2D eigenvalue weighted by Gasteiger charge is 2.45. The van der Waals surface area contributed by atoms with Crippen LogP contribution in [0.25, 0.3) is 0 Å². The quantitative estimate of drug-likeness (QED) is 0.828. The molecule has 1 fully saturated rings. The molecule has 1 amide bonds. The zero-order valence-corrected chi connectivity index (χ0v) is 11.9. The summed E-state index contributed by atoms with van der Waals surface area (Å²) in [6, 6.07) is 9.28. The van der Waals surface area contributed by atoms with Crippen LogP contribution in [0.3, 0.4) is 0 Å². The van der Waals surface area contributed by atoms with Gasteiger partial charge in [-0.3, -0.25) is 0 Å². The van der Waals surface area contributed by atoms with Gasteiger partial charge in [-0.25, -0.2) is 9.93 Å². The van der Waals surface area contributed by atoms with Crippen LogP contribution >= 0.6 is 0 Å². The molecule has 0 saturated carbocycles. The Balaban J connectivity index is 1.79. The largest absolute Gasteiger partial charge is 0.445 e. The molecule has 1 heterocycles. The summed E-state index contributed by atoms with van der Waals surface area (Å²) in [5, 5.41) is 7.62. The topological polar surface area (TPSA) is 102 Å². The Bertz CT molecular complexity index is 582. The van der Waals surface area contributed by atoms with Gasteiger partial charge >= 0.3 is 6.09 Å². The Morgan fingerprint density at radius 1 is 1.40 bits per heavy atom. The van der Waals surface area contributed by atoms with Crippen LogP contribution < -0.4 is 10.5 Å². The maximum absolute atomic E-state index is 11.6. The van der Waals surface area contributed by atoms with E-state index < -0.39 is 21.8 Å². The van der Waals surface area contributed by atoms with Crippen molar-refractivity contribution < 1.29 is 17.9 Å². The van der Waals surface area contributed by atoms with Crippen LogP contribution in [0.2, 0.25) is 0 Å². The third-order valence-corrected chi connectivity index (χ3v) is 4.01. The van der Waals surface area contributed by atoms with Gasteiger partial charge in [-0.05, 0) is 12.5 Å². The van der Waals surface area contributed by atoms with E-state index in [4.69, 9.17) is 9.88 Å². The van der Waals surface area contributed by atoms with Crippen LogP contribution in [0.15, 0.2) is 30.3 Å². The second-order valence-electron chi connectivity index (χ2n) is 5.06. The Kier molecular flexibility index (Phi) is 3.98. The summed E-state index contributed by atoms with van der Waals surface area (Å²) in [4.78, 5) is 11.6. The Morgan fingerprint density at radius 3 is 2.55 bits per heavy atom. The van der Waals surface area contributed by atoms with Crippen molar-refractivity contribution in [1.29, 1.82) is 0 Å². The predicted molar refractivity (Wildman–Crippen MR) is 72.8 cm³/mol. The number of benzene rings is 1. The zero-order valence-electron chi connectivity index (χ0n) is 11.1. The van der Waals surface area contributed by atoms with Crippen molar-refractivity contribution in [3.63, 3.8) is 0 Å². The lowest BCUT2D eigenvalue weighted by atomic mass is 9.96. The van der Waals surface area contributed by atoms with Gasteiger partial charge in [0.2, 0.25) is 0 Å². The van der Waals surface area contributed by atoms with Gasteiger partial charge in [-0.15, -0.1) is 0 Å². The van der Waals surface area contributed by atoms with E-state index in [2.05, 4.69) is 5.32 Å². The number of carbonyl (C=O) groups is 1. The molecule has 0 bridgehead atoms. The van der Waals surface area contributed by atoms with E-state index in [0.717, 1.165) is 9.87 Å². The number of nitrogens with one attached hydrogen (secondary N) is 1. The minimum atomic E-state index is -3.69. The number of rotatable bonds is 4. The summed E-state index contributed by atoms with van der Waals surface area (Å²) in [5.41, 5.74) is 0.243. The Hall–Kier alpha value is -1.64. The fraction of sp³-hybridized carbons (Fsp3) is 0.417. The second-order valence-corrected chi connectivity index (χ2v) is 6.61. The van der Waals surface area contributed by atoms with Gasteiger partial charge in [0.05, 0.1) is 5.54 Å². The number of alkyl carbamates (subject to hydrolysis) is 1. The zero-order chi connectivity index (χ0) is 14.8. The molecule has 1 aliphatic rings. The Morgan fingerprint density at radius 2 is 2.00 bits per heavy atom. The number of ether oxygens (including phenoxy) is 1. The van der Waals surface area contributed by atoms with Crippen LogP contribution in [0, 0.1) is 0 Å². The molecule has 0 aliphatic carbocycles. The summed E-state index contributed by atoms with van der Waals surface area (Å²) in [6.45, 7) is 2.19. The number of amides is 1. The number of carbonyl (C=O) groups excluding carboxylic acids is 1. The highest BCUT2D eigenvalue weighted by molar-refractivity contribution is 7.86. The molecule has 0 aromatic heterocycles. The number of hydrogen-bond acceptors (Lipinski definition) is 4. The van der Waals surface area contributed by atoms with Gasteiger partial charge in [-0.2, -0.15) is 12.7 Å². The van der Waals surface area contributed by atoms with Crippen molar-refractivity contribution in [2.45, 2.75) is 19.1 Å². The third kappa shape index (κ3) is 3.69. The molecule has 2 rings (SSSR count). The molecule has 0 spiro atoms. The molecule has 1 aromatic carbocycles. The summed E-state index contributed by atoms with van der Waals surface area (Å²) in [5.74, 6) is 0. The predicted octanol–water partition coefficient (Wildman–Crippen LogP) is 0.191. The van der Waals surface area contributed by atoms with Gasteiger partial charge in [0, 0.05) is 13.1 Å². The first-order valence-corrected chi connectivity index (χ1v) is 7.56. The van der Waals surface area contributed by atoms with E-state index in [1.54, 1.807) is 6.92 Å². The van der Waals surface area contributed by atoms with Crippen LogP contribution in [0.5, 0.6) is 0 Å². The lowest BCUT2D eigenvalue weighted by molar-refractivity contribution is 0.0930. The molecule has 8 heteroatoms. The van der Waals surface area contributed by atoms with Crippen molar-refractivity contribution in [1.82, 2.24) is 9.62 Å². The molecule has 1 aromatic rings. The highest BCUT2D eigenvalue weighted by atomic mass is 32.2. The summed E-state index contributed by atoms with van der Waals surface area (Å²) in [6.07, 6.45) is -0.578. The maximum atomic E-state index is 11.6. The van der Waals surface area contributed by atoms with Crippen LogP contribution in [-0.4, -0.2) is 37.4 Å².